The molecule has 5 heteroatoms. The van der Waals surface area contributed by atoms with Crippen molar-refractivity contribution >= 4 is 71.8 Å². The largest absolute Gasteiger partial charge is 0.131 e. The number of hydrogen-bond acceptors (Lipinski definition) is 1. The average Bonchev–Trinajstić information content (AvgIpc) is 2.10. The molecule has 0 aliphatic heterocycles. The van der Waals surface area contributed by atoms with Crippen LogP contribution in [0.25, 0.3) is 0 Å². The summed E-state index contributed by atoms with van der Waals surface area (Å²) < 4.78 is 1.09. The zero-order valence-corrected chi connectivity index (χ0v) is 11.2. The molecule has 1 aromatic rings. The van der Waals surface area contributed by atoms with Crippen molar-refractivity contribution in [3.8, 4) is 0 Å². The standard InChI is InChI=1S/C5H3Br2ClS.BrH/c6-2-4-3(8)1-5(7)9-4;/h1H,2H2;1H. The predicted molar refractivity (Wildman–Crippen MR) is 60.0 cm³/mol. The summed E-state index contributed by atoms with van der Waals surface area (Å²) in [5.74, 6) is 0. The summed E-state index contributed by atoms with van der Waals surface area (Å²) in [5.41, 5.74) is 0. The van der Waals surface area contributed by atoms with Gasteiger partial charge in [-0.05, 0) is 22.0 Å². The van der Waals surface area contributed by atoms with Crippen LogP contribution in [0, 0.1) is 0 Å². The molecule has 0 saturated heterocycles. The van der Waals surface area contributed by atoms with Crippen LogP contribution in [0.5, 0.6) is 0 Å². The van der Waals surface area contributed by atoms with Gasteiger partial charge in [0, 0.05) is 10.2 Å². The Balaban J connectivity index is 0.000000810. The zero-order chi connectivity index (χ0) is 6.85. The van der Waals surface area contributed by atoms with Gasteiger partial charge in [0.25, 0.3) is 0 Å². The van der Waals surface area contributed by atoms with Gasteiger partial charge in [-0.15, -0.1) is 28.3 Å². The Morgan fingerprint density at radius 1 is 1.60 bits per heavy atom. The van der Waals surface area contributed by atoms with E-state index in [-0.39, 0.29) is 17.0 Å². The lowest BCUT2D eigenvalue weighted by Crippen LogP contribution is -1.63. The van der Waals surface area contributed by atoms with E-state index in [1.165, 1.54) is 4.88 Å². The van der Waals surface area contributed by atoms with E-state index in [9.17, 15) is 0 Å². The molecule has 0 spiro atoms. The molecule has 0 fully saturated rings. The van der Waals surface area contributed by atoms with Crippen LogP contribution in [0.1, 0.15) is 4.88 Å². The van der Waals surface area contributed by atoms with Gasteiger partial charge in [0.05, 0.1) is 8.81 Å². The van der Waals surface area contributed by atoms with E-state index in [1.807, 2.05) is 6.07 Å². The minimum Gasteiger partial charge on any atom is -0.131 e. The third kappa shape index (κ3) is 2.81. The maximum Gasteiger partial charge on any atom is 0.0717 e. The van der Waals surface area contributed by atoms with Gasteiger partial charge in [-0.25, -0.2) is 0 Å². The van der Waals surface area contributed by atoms with Gasteiger partial charge in [-0.3, -0.25) is 0 Å². The Kier molecular flexibility index (Phi) is 5.88. The second kappa shape index (κ2) is 5.14. The van der Waals surface area contributed by atoms with E-state index in [0.717, 1.165) is 14.1 Å². The van der Waals surface area contributed by atoms with Crippen LogP contribution in [-0.4, -0.2) is 0 Å². The topological polar surface area (TPSA) is 0 Å². The summed E-state index contributed by atoms with van der Waals surface area (Å²) in [7, 11) is 0. The van der Waals surface area contributed by atoms with Crippen molar-refractivity contribution in [2.45, 2.75) is 5.33 Å². The fraction of sp³-hybridized carbons (Fsp3) is 0.200. The molecule has 0 aliphatic rings. The minimum absolute atomic E-state index is 0. The van der Waals surface area contributed by atoms with E-state index >= 15 is 0 Å². The van der Waals surface area contributed by atoms with Crippen molar-refractivity contribution < 1.29 is 0 Å². The summed E-state index contributed by atoms with van der Waals surface area (Å²) in [6, 6.07) is 1.91. The zero-order valence-electron chi connectivity index (χ0n) is 4.73. The first-order valence-electron chi connectivity index (χ1n) is 2.23. The van der Waals surface area contributed by atoms with Gasteiger partial charge < -0.3 is 0 Å². The van der Waals surface area contributed by atoms with E-state index < -0.39 is 0 Å². The van der Waals surface area contributed by atoms with Gasteiger partial charge in [-0.2, -0.15) is 0 Å². The Hall–Kier alpha value is 1.43. The highest BCUT2D eigenvalue weighted by molar-refractivity contribution is 9.11. The molecule has 0 aromatic carbocycles. The molecule has 0 aliphatic carbocycles. The first kappa shape index (κ1) is 11.4. The van der Waals surface area contributed by atoms with Crippen molar-refractivity contribution in [1.82, 2.24) is 0 Å². The van der Waals surface area contributed by atoms with Crippen molar-refractivity contribution in [2.75, 3.05) is 0 Å². The molecule has 58 valence electrons. The second-order valence-corrected chi connectivity index (χ2v) is 4.94. The lowest BCUT2D eigenvalue weighted by Gasteiger charge is -1.83. The summed E-state index contributed by atoms with van der Waals surface area (Å²) in [4.78, 5) is 1.17. The summed E-state index contributed by atoms with van der Waals surface area (Å²) >= 11 is 14.1. The maximum atomic E-state index is 5.80. The Labute approximate surface area is 96.0 Å². The fourth-order valence-electron chi connectivity index (χ4n) is 0.467. The quantitative estimate of drug-likeness (QED) is 0.631. The highest BCUT2D eigenvalue weighted by Gasteiger charge is 2.02. The molecular weight excluding hydrogens is 367 g/mol. The number of alkyl halides is 1. The van der Waals surface area contributed by atoms with Gasteiger partial charge in [-0.1, -0.05) is 27.5 Å². The molecular formula is C5H4Br3ClS. The predicted octanol–water partition coefficient (Wildman–Crippen LogP) is 4.64. The minimum atomic E-state index is 0. The lowest BCUT2D eigenvalue weighted by molar-refractivity contribution is 1.58. The number of hydrogen-bond donors (Lipinski definition) is 0. The van der Waals surface area contributed by atoms with Crippen LogP contribution in [0.2, 0.25) is 5.02 Å². The third-order valence-electron chi connectivity index (χ3n) is 0.849. The Morgan fingerprint density at radius 2 is 2.20 bits per heavy atom. The summed E-state index contributed by atoms with van der Waals surface area (Å²) in [5, 5.41) is 1.67. The van der Waals surface area contributed by atoms with Crippen LogP contribution >= 0.6 is 71.8 Å². The lowest BCUT2D eigenvalue weighted by atomic mass is 10.5. The maximum absolute atomic E-state index is 5.80. The molecule has 0 N–H and O–H groups in total. The molecule has 1 aromatic heterocycles. The normalized spacial score (nSPS) is 9.10. The molecule has 0 atom stereocenters. The first-order valence-corrected chi connectivity index (χ1v) is 5.34. The molecule has 0 radical (unpaired) electrons. The smallest absolute Gasteiger partial charge is 0.0717 e. The van der Waals surface area contributed by atoms with Gasteiger partial charge >= 0.3 is 0 Å². The van der Waals surface area contributed by atoms with E-state index in [0.29, 0.717) is 0 Å². The van der Waals surface area contributed by atoms with Crippen LogP contribution in [0.4, 0.5) is 0 Å². The van der Waals surface area contributed by atoms with Crippen LogP contribution in [-0.2, 0) is 5.33 Å². The molecule has 10 heavy (non-hydrogen) atoms. The van der Waals surface area contributed by atoms with Crippen molar-refractivity contribution in [3.05, 3.63) is 19.8 Å². The highest BCUT2D eigenvalue weighted by Crippen LogP contribution is 2.32. The molecule has 0 unspecified atom stereocenters. The van der Waals surface area contributed by atoms with Crippen LogP contribution in [0.15, 0.2) is 9.85 Å². The Morgan fingerprint density at radius 3 is 2.40 bits per heavy atom. The number of halogens is 4. The van der Waals surface area contributed by atoms with Crippen molar-refractivity contribution in [3.63, 3.8) is 0 Å². The molecule has 0 amide bonds. The van der Waals surface area contributed by atoms with Gasteiger partial charge in [0.1, 0.15) is 0 Å². The summed E-state index contributed by atoms with van der Waals surface area (Å²) in [6.07, 6.45) is 0. The molecule has 0 nitrogen and oxygen atoms in total. The van der Waals surface area contributed by atoms with E-state index in [2.05, 4.69) is 31.9 Å². The van der Waals surface area contributed by atoms with Gasteiger partial charge in [0.2, 0.25) is 0 Å². The molecule has 1 heterocycles. The van der Waals surface area contributed by atoms with Crippen LogP contribution < -0.4 is 0 Å². The third-order valence-corrected chi connectivity index (χ3v) is 3.87. The molecule has 0 saturated carbocycles. The SMILES string of the molecule is Br.Clc1cc(Br)sc1CBr. The second-order valence-electron chi connectivity index (χ2n) is 1.46. The average molecular weight is 371 g/mol. The van der Waals surface area contributed by atoms with E-state index in [1.54, 1.807) is 11.3 Å². The Bertz CT molecular complexity index is 211. The number of rotatable bonds is 1. The van der Waals surface area contributed by atoms with E-state index in [4.69, 9.17) is 11.6 Å². The highest BCUT2D eigenvalue weighted by atomic mass is 79.9. The number of thiophene rings is 1. The van der Waals surface area contributed by atoms with Crippen molar-refractivity contribution in [2.24, 2.45) is 0 Å². The molecule has 0 bridgehead atoms. The summed E-state index contributed by atoms with van der Waals surface area (Å²) in [6.45, 7) is 0. The van der Waals surface area contributed by atoms with Crippen molar-refractivity contribution in [1.29, 1.82) is 0 Å². The first-order chi connectivity index (χ1) is 4.24. The van der Waals surface area contributed by atoms with Gasteiger partial charge in [0.15, 0.2) is 0 Å². The fourth-order valence-corrected chi connectivity index (χ4v) is 3.20. The molecule has 1 rings (SSSR count). The van der Waals surface area contributed by atoms with Crippen LogP contribution in [0.3, 0.4) is 0 Å². The monoisotopic (exact) mass is 368 g/mol.